The first-order chi connectivity index (χ1) is 14.5. The molecule has 6 heteroatoms. The van der Waals surface area contributed by atoms with Crippen molar-refractivity contribution in [3.05, 3.63) is 58.2 Å². The third kappa shape index (κ3) is 2.21. The maximum absolute atomic E-state index is 14.4. The number of ether oxygens (including phenoxy) is 1. The van der Waals surface area contributed by atoms with Crippen LogP contribution in [-0.2, 0) is 19.7 Å². The minimum absolute atomic E-state index is 0.000518. The quantitative estimate of drug-likeness (QED) is 0.695. The molecule has 5 rings (SSSR count). The lowest BCUT2D eigenvalue weighted by Crippen LogP contribution is -2.55. The second-order valence-electron chi connectivity index (χ2n) is 10.3. The lowest BCUT2D eigenvalue weighted by atomic mass is 9.62. The molecule has 0 saturated carbocycles. The van der Waals surface area contributed by atoms with Crippen LogP contribution in [0.4, 0.5) is 5.69 Å². The number of amides is 1. The molecule has 3 heterocycles. The monoisotopic (exact) mass is 415 g/mol. The minimum Gasteiger partial charge on any atom is -0.444 e. The molecular weight excluding hydrogens is 390 g/mol. The zero-order valence-corrected chi connectivity index (χ0v) is 18.4. The summed E-state index contributed by atoms with van der Waals surface area (Å²) in [6, 6.07) is 7.83. The SMILES string of the molecule is CC1=CC(C)(C)N2C(=O)[C@@]3(C(C#N)=C(N)OC4=C3C(=O)CC(C)(C)C4)c3cccc1c32. The Morgan fingerprint density at radius 3 is 2.55 bits per heavy atom. The molecule has 0 unspecified atom stereocenters. The van der Waals surface area contributed by atoms with Crippen molar-refractivity contribution in [2.45, 2.75) is 58.4 Å². The number of carbonyl (C=O) groups excluding carboxylic acids is 2. The summed E-state index contributed by atoms with van der Waals surface area (Å²) in [7, 11) is 0. The van der Waals surface area contributed by atoms with Crippen molar-refractivity contribution in [3.8, 4) is 6.07 Å². The van der Waals surface area contributed by atoms with Crippen molar-refractivity contribution in [3.63, 3.8) is 0 Å². The highest BCUT2D eigenvalue weighted by molar-refractivity contribution is 6.22. The van der Waals surface area contributed by atoms with Crippen LogP contribution in [-0.4, -0.2) is 17.2 Å². The van der Waals surface area contributed by atoms with Gasteiger partial charge in [0, 0.05) is 24.0 Å². The number of allylic oxidation sites excluding steroid dienone is 2. The van der Waals surface area contributed by atoms with Crippen LogP contribution in [0.3, 0.4) is 0 Å². The first-order valence-corrected chi connectivity index (χ1v) is 10.5. The lowest BCUT2D eigenvalue weighted by molar-refractivity contribution is -0.126. The number of hydrogen-bond donors (Lipinski definition) is 1. The molecular formula is C25H25N3O3. The average Bonchev–Trinajstić information content (AvgIpc) is 2.89. The molecule has 0 radical (unpaired) electrons. The molecule has 1 aromatic rings. The maximum Gasteiger partial charge on any atom is 0.248 e. The largest absolute Gasteiger partial charge is 0.444 e. The highest BCUT2D eigenvalue weighted by atomic mass is 16.5. The number of nitriles is 1. The molecule has 0 aromatic heterocycles. The van der Waals surface area contributed by atoms with Crippen molar-refractivity contribution in [2.24, 2.45) is 11.1 Å². The number of Topliss-reactive ketones (excluding diaryl/α,β-unsaturated/α-hetero) is 1. The topological polar surface area (TPSA) is 96.4 Å². The molecule has 158 valence electrons. The predicted molar refractivity (Wildman–Crippen MR) is 116 cm³/mol. The minimum atomic E-state index is -1.57. The molecule has 4 aliphatic rings. The van der Waals surface area contributed by atoms with E-state index in [0.717, 1.165) is 16.8 Å². The number of anilines is 1. The average molecular weight is 415 g/mol. The van der Waals surface area contributed by atoms with Gasteiger partial charge >= 0.3 is 0 Å². The van der Waals surface area contributed by atoms with Gasteiger partial charge in [-0.3, -0.25) is 9.59 Å². The van der Waals surface area contributed by atoms with E-state index in [4.69, 9.17) is 10.5 Å². The molecule has 1 amide bonds. The van der Waals surface area contributed by atoms with Gasteiger partial charge < -0.3 is 15.4 Å². The Balaban J connectivity index is 1.93. The number of nitrogens with zero attached hydrogens (tertiary/aromatic N) is 2. The van der Waals surface area contributed by atoms with Crippen LogP contribution in [0.25, 0.3) is 5.57 Å². The smallest absolute Gasteiger partial charge is 0.248 e. The van der Waals surface area contributed by atoms with Gasteiger partial charge in [0.15, 0.2) is 5.78 Å². The molecule has 0 saturated heterocycles. The van der Waals surface area contributed by atoms with Crippen molar-refractivity contribution in [1.82, 2.24) is 0 Å². The summed E-state index contributed by atoms with van der Waals surface area (Å²) >= 11 is 0. The Morgan fingerprint density at radius 2 is 1.87 bits per heavy atom. The van der Waals surface area contributed by atoms with Crippen LogP contribution in [0.2, 0.25) is 0 Å². The molecule has 6 nitrogen and oxygen atoms in total. The highest BCUT2D eigenvalue weighted by Crippen LogP contribution is 2.60. The van der Waals surface area contributed by atoms with E-state index in [-0.39, 0.29) is 40.6 Å². The van der Waals surface area contributed by atoms with Crippen LogP contribution in [0.1, 0.15) is 58.6 Å². The van der Waals surface area contributed by atoms with Gasteiger partial charge in [0.25, 0.3) is 0 Å². The molecule has 2 N–H and O–H groups in total. The fourth-order valence-corrected chi connectivity index (χ4v) is 5.90. The number of benzene rings is 1. The first-order valence-electron chi connectivity index (χ1n) is 10.5. The van der Waals surface area contributed by atoms with Crippen molar-refractivity contribution in [1.29, 1.82) is 5.26 Å². The summed E-state index contributed by atoms with van der Waals surface area (Å²) in [4.78, 5) is 29.7. The molecule has 0 fully saturated rings. The summed E-state index contributed by atoms with van der Waals surface area (Å²) in [5.41, 5.74) is 7.38. The lowest BCUT2D eigenvalue weighted by Gasteiger charge is -2.43. The van der Waals surface area contributed by atoms with Gasteiger partial charge in [0.1, 0.15) is 22.8 Å². The Morgan fingerprint density at radius 1 is 1.16 bits per heavy atom. The molecule has 1 aromatic carbocycles. The Labute approximate surface area is 181 Å². The van der Waals surface area contributed by atoms with E-state index >= 15 is 0 Å². The van der Waals surface area contributed by atoms with E-state index < -0.39 is 11.0 Å². The number of para-hydroxylation sites is 1. The molecule has 0 bridgehead atoms. The fourth-order valence-electron chi connectivity index (χ4n) is 5.90. The van der Waals surface area contributed by atoms with Crippen molar-refractivity contribution in [2.75, 3.05) is 4.90 Å². The number of fused-ring (bicyclic) bond motifs is 2. The number of ketones is 1. The summed E-state index contributed by atoms with van der Waals surface area (Å²) in [6.07, 6.45) is 2.80. The van der Waals surface area contributed by atoms with Crippen molar-refractivity contribution >= 4 is 23.0 Å². The summed E-state index contributed by atoms with van der Waals surface area (Å²) < 4.78 is 5.85. The Hall–Kier alpha value is -3.33. The van der Waals surface area contributed by atoms with Gasteiger partial charge in [-0.15, -0.1) is 0 Å². The predicted octanol–water partition coefficient (Wildman–Crippen LogP) is 3.83. The van der Waals surface area contributed by atoms with Crippen LogP contribution in [0.5, 0.6) is 0 Å². The zero-order valence-electron chi connectivity index (χ0n) is 18.4. The van der Waals surface area contributed by atoms with E-state index in [0.29, 0.717) is 17.7 Å². The second-order valence-corrected chi connectivity index (χ2v) is 10.3. The normalized spacial score (nSPS) is 27.6. The zero-order chi connectivity index (χ0) is 22.5. The van der Waals surface area contributed by atoms with Gasteiger partial charge in [0.05, 0.1) is 16.8 Å². The van der Waals surface area contributed by atoms with Gasteiger partial charge in [-0.05, 0) is 31.8 Å². The van der Waals surface area contributed by atoms with Crippen LogP contribution in [0, 0.1) is 16.7 Å². The van der Waals surface area contributed by atoms with E-state index in [9.17, 15) is 14.9 Å². The van der Waals surface area contributed by atoms with Gasteiger partial charge in [-0.1, -0.05) is 38.1 Å². The fraction of sp³-hybridized carbons (Fsp3) is 0.400. The van der Waals surface area contributed by atoms with Crippen LogP contribution in [0.15, 0.2) is 47.1 Å². The Kier molecular flexibility index (Phi) is 3.59. The number of carbonyl (C=O) groups is 2. The Bertz CT molecular complexity index is 1240. The van der Waals surface area contributed by atoms with E-state index in [1.54, 1.807) is 4.90 Å². The molecule has 31 heavy (non-hydrogen) atoms. The summed E-state index contributed by atoms with van der Waals surface area (Å²) in [5, 5.41) is 10.2. The number of nitrogens with two attached hydrogens (primary N) is 1. The molecule has 1 atom stereocenters. The van der Waals surface area contributed by atoms with Gasteiger partial charge in [-0.25, -0.2) is 0 Å². The highest BCUT2D eigenvalue weighted by Gasteiger charge is 2.65. The second kappa shape index (κ2) is 5.67. The van der Waals surface area contributed by atoms with E-state index in [2.05, 4.69) is 12.1 Å². The third-order valence-corrected chi connectivity index (χ3v) is 6.94. The summed E-state index contributed by atoms with van der Waals surface area (Å²) in [5.74, 6) is -0.169. The molecule has 1 aliphatic carbocycles. The molecule has 1 spiro atoms. The van der Waals surface area contributed by atoms with Crippen LogP contribution >= 0.6 is 0 Å². The molecule has 3 aliphatic heterocycles. The van der Waals surface area contributed by atoms with Crippen molar-refractivity contribution < 1.29 is 14.3 Å². The van der Waals surface area contributed by atoms with E-state index in [1.165, 1.54) is 0 Å². The third-order valence-electron chi connectivity index (χ3n) is 6.94. The standard InChI is InChI=1S/C25H25N3O3/c1-13-9-24(4,5)28-20-14(13)7-6-8-15(20)25(22(28)30)16(12-26)21(27)31-18-11-23(2,3)10-17(29)19(18)25/h6-9H,10-11,27H2,1-5H3/t25-/m1/s1. The maximum atomic E-state index is 14.4. The van der Waals surface area contributed by atoms with Gasteiger partial charge in [-0.2, -0.15) is 5.26 Å². The van der Waals surface area contributed by atoms with E-state index in [1.807, 2.05) is 52.8 Å². The van der Waals surface area contributed by atoms with Gasteiger partial charge in [0.2, 0.25) is 11.8 Å². The number of rotatable bonds is 0. The first kappa shape index (κ1) is 19.6. The van der Waals surface area contributed by atoms with Crippen LogP contribution < -0.4 is 10.6 Å². The number of hydrogen-bond acceptors (Lipinski definition) is 5. The summed E-state index contributed by atoms with van der Waals surface area (Å²) in [6.45, 7) is 9.93.